The maximum atomic E-state index is 13.6. The average Bonchev–Trinajstić information content (AvgIpc) is 3.12. The molecule has 3 N–H and O–H groups in total. The third kappa shape index (κ3) is 7.76. The van der Waals surface area contributed by atoms with Gasteiger partial charge in [0.05, 0.1) is 16.4 Å². The molecule has 0 amide bonds. The van der Waals surface area contributed by atoms with Crippen molar-refractivity contribution in [2.45, 2.75) is 58.4 Å². The summed E-state index contributed by atoms with van der Waals surface area (Å²) in [5.41, 5.74) is 7.32. The van der Waals surface area contributed by atoms with Gasteiger partial charge in [-0.05, 0) is 97.7 Å². The minimum Gasteiger partial charge on any atom is -0.382 e. The van der Waals surface area contributed by atoms with Crippen molar-refractivity contribution in [3.8, 4) is 0 Å². The van der Waals surface area contributed by atoms with Crippen LogP contribution in [0.5, 0.6) is 0 Å². The zero-order valence-electron chi connectivity index (χ0n) is 22.6. The van der Waals surface area contributed by atoms with Crippen molar-refractivity contribution >= 4 is 35.0 Å². The van der Waals surface area contributed by atoms with Gasteiger partial charge < -0.3 is 5.32 Å². The predicted molar refractivity (Wildman–Crippen MR) is 164 cm³/mol. The van der Waals surface area contributed by atoms with E-state index in [1.54, 1.807) is 29.3 Å². The van der Waals surface area contributed by atoms with Crippen LogP contribution in [0.2, 0.25) is 10.0 Å². The van der Waals surface area contributed by atoms with Crippen LogP contribution in [0.4, 0.5) is 10.1 Å². The first-order chi connectivity index (χ1) is 18.9. The smallest absolute Gasteiger partial charge is 0.123 e. The molecule has 3 aromatic rings. The summed E-state index contributed by atoms with van der Waals surface area (Å²) in [7, 11) is 0. The maximum absolute atomic E-state index is 13.6. The van der Waals surface area contributed by atoms with Gasteiger partial charge in [-0.2, -0.15) is 0 Å². The Morgan fingerprint density at radius 3 is 2.44 bits per heavy atom. The SMILES string of the molecule is CC/C=C(\CC1=C(N(N)c2ccc(Cl)cc2Cl)/C(=C/c2ccc(F)cc2)CCCC1)N[C@H](C)c1ccccc1. The van der Waals surface area contributed by atoms with E-state index in [0.717, 1.165) is 55.4 Å². The summed E-state index contributed by atoms with van der Waals surface area (Å²) in [5, 5.41) is 6.51. The van der Waals surface area contributed by atoms with Gasteiger partial charge in [-0.3, -0.25) is 5.01 Å². The van der Waals surface area contributed by atoms with Gasteiger partial charge in [0.15, 0.2) is 0 Å². The summed E-state index contributed by atoms with van der Waals surface area (Å²) >= 11 is 12.8. The first kappa shape index (κ1) is 28.9. The van der Waals surface area contributed by atoms with Crippen LogP contribution in [0.15, 0.2) is 101 Å². The number of hydrogen-bond donors (Lipinski definition) is 2. The number of benzene rings is 3. The number of hydrogen-bond acceptors (Lipinski definition) is 3. The third-order valence-electron chi connectivity index (χ3n) is 6.99. The zero-order valence-corrected chi connectivity index (χ0v) is 24.1. The van der Waals surface area contributed by atoms with Gasteiger partial charge in [-0.1, -0.05) is 78.7 Å². The summed E-state index contributed by atoms with van der Waals surface area (Å²) in [5.74, 6) is 6.64. The second-order valence-corrected chi connectivity index (χ2v) is 10.8. The summed E-state index contributed by atoms with van der Waals surface area (Å²) in [6.07, 6.45) is 9.88. The van der Waals surface area contributed by atoms with Crippen LogP contribution in [-0.4, -0.2) is 0 Å². The second-order valence-electron chi connectivity index (χ2n) is 9.94. The van der Waals surface area contributed by atoms with Gasteiger partial charge in [0.25, 0.3) is 0 Å². The topological polar surface area (TPSA) is 41.3 Å². The number of nitrogens with one attached hydrogen (secondary N) is 1. The predicted octanol–water partition coefficient (Wildman–Crippen LogP) is 9.76. The minimum absolute atomic E-state index is 0.160. The standard InChI is InChI=1S/C33H36Cl2FN3/c1-3-9-30(38-23(2)25-10-5-4-6-11-25)21-27-13-8-7-12-26(20-24-14-17-29(36)18-15-24)33(27)39(37)32-19-16-28(34)22-31(32)35/h4-6,9-11,14-20,22-23,38H,3,7-8,12-13,21,37H2,1-2H3/b26-20+,30-9+/t23-/m1/s1. The highest BCUT2D eigenvalue weighted by molar-refractivity contribution is 6.36. The molecule has 0 bridgehead atoms. The Bertz CT molecular complexity index is 1350. The van der Waals surface area contributed by atoms with Crippen molar-refractivity contribution in [1.29, 1.82) is 0 Å². The van der Waals surface area contributed by atoms with Gasteiger partial charge in [-0.25, -0.2) is 10.2 Å². The second kappa shape index (κ2) is 13.8. The van der Waals surface area contributed by atoms with E-state index in [0.29, 0.717) is 15.7 Å². The highest BCUT2D eigenvalue weighted by Crippen LogP contribution is 2.38. The summed E-state index contributed by atoms with van der Waals surface area (Å²) in [6, 6.07) is 22.6. The Morgan fingerprint density at radius 2 is 1.74 bits per heavy atom. The Kier molecular flexibility index (Phi) is 10.3. The Hall–Kier alpha value is -3.05. The molecule has 0 saturated heterocycles. The molecular formula is C33H36Cl2FN3. The lowest BCUT2D eigenvalue weighted by atomic mass is 9.97. The Balaban J connectivity index is 1.78. The van der Waals surface area contributed by atoms with E-state index in [1.807, 2.05) is 12.1 Å². The molecule has 1 atom stereocenters. The number of nitrogens with zero attached hydrogens (tertiary/aromatic N) is 1. The van der Waals surface area contributed by atoms with E-state index in [4.69, 9.17) is 29.0 Å². The number of hydrazine groups is 1. The van der Waals surface area contributed by atoms with Crippen LogP contribution in [0.3, 0.4) is 0 Å². The van der Waals surface area contributed by atoms with E-state index in [1.165, 1.54) is 29.0 Å². The number of rotatable bonds is 9. The summed E-state index contributed by atoms with van der Waals surface area (Å²) in [6.45, 7) is 4.34. The number of halogens is 3. The molecule has 3 nitrogen and oxygen atoms in total. The van der Waals surface area contributed by atoms with Crippen LogP contribution >= 0.6 is 23.2 Å². The lowest BCUT2D eigenvalue weighted by molar-refractivity contribution is 0.627. The maximum Gasteiger partial charge on any atom is 0.123 e. The Labute approximate surface area is 241 Å². The van der Waals surface area contributed by atoms with Gasteiger partial charge in [0.1, 0.15) is 5.82 Å². The highest BCUT2D eigenvalue weighted by atomic mass is 35.5. The van der Waals surface area contributed by atoms with E-state index in [-0.39, 0.29) is 11.9 Å². The van der Waals surface area contributed by atoms with E-state index in [2.05, 4.69) is 55.6 Å². The fourth-order valence-corrected chi connectivity index (χ4v) is 5.57. The van der Waals surface area contributed by atoms with Crippen LogP contribution in [0.1, 0.15) is 69.5 Å². The molecule has 0 heterocycles. The average molecular weight is 565 g/mol. The van der Waals surface area contributed by atoms with Crippen LogP contribution in [0.25, 0.3) is 6.08 Å². The zero-order chi connectivity index (χ0) is 27.8. The first-order valence-electron chi connectivity index (χ1n) is 13.5. The van der Waals surface area contributed by atoms with E-state index < -0.39 is 0 Å². The van der Waals surface area contributed by atoms with Gasteiger partial charge in [0, 0.05) is 23.2 Å². The molecule has 1 aliphatic rings. The van der Waals surface area contributed by atoms with E-state index in [9.17, 15) is 4.39 Å². The molecule has 0 radical (unpaired) electrons. The lowest BCUT2D eigenvalue weighted by Crippen LogP contribution is -2.32. The molecule has 0 spiro atoms. The normalized spacial score (nSPS) is 16.3. The number of nitrogens with two attached hydrogens (primary N) is 1. The van der Waals surface area contributed by atoms with Crippen molar-refractivity contribution in [3.05, 3.63) is 128 Å². The van der Waals surface area contributed by atoms with Crippen molar-refractivity contribution in [2.75, 3.05) is 5.01 Å². The van der Waals surface area contributed by atoms with Crippen molar-refractivity contribution in [3.63, 3.8) is 0 Å². The highest BCUT2D eigenvalue weighted by Gasteiger charge is 2.24. The number of anilines is 1. The fourth-order valence-electron chi connectivity index (χ4n) is 5.07. The molecule has 0 unspecified atom stereocenters. The Morgan fingerprint density at radius 1 is 1.03 bits per heavy atom. The third-order valence-corrected chi connectivity index (χ3v) is 7.53. The van der Waals surface area contributed by atoms with Gasteiger partial charge >= 0.3 is 0 Å². The summed E-state index contributed by atoms with van der Waals surface area (Å²) < 4.78 is 13.6. The van der Waals surface area contributed by atoms with Crippen molar-refractivity contribution in [1.82, 2.24) is 5.32 Å². The lowest BCUT2D eigenvalue weighted by Gasteiger charge is -2.28. The molecule has 3 aromatic carbocycles. The van der Waals surface area contributed by atoms with Gasteiger partial charge in [0.2, 0.25) is 0 Å². The molecule has 0 aliphatic heterocycles. The van der Waals surface area contributed by atoms with Crippen molar-refractivity contribution < 1.29 is 4.39 Å². The van der Waals surface area contributed by atoms with Crippen LogP contribution in [-0.2, 0) is 0 Å². The molecule has 39 heavy (non-hydrogen) atoms. The van der Waals surface area contributed by atoms with E-state index >= 15 is 0 Å². The molecule has 4 rings (SSSR count). The van der Waals surface area contributed by atoms with Crippen molar-refractivity contribution in [2.24, 2.45) is 5.84 Å². The molecule has 0 fully saturated rings. The molecule has 1 aliphatic carbocycles. The molecular weight excluding hydrogens is 528 g/mol. The van der Waals surface area contributed by atoms with Crippen LogP contribution < -0.4 is 16.2 Å². The minimum atomic E-state index is -0.254. The summed E-state index contributed by atoms with van der Waals surface area (Å²) in [4.78, 5) is 0. The van der Waals surface area contributed by atoms with Crippen LogP contribution in [0, 0.1) is 5.82 Å². The molecule has 204 valence electrons. The number of allylic oxidation sites excluding steroid dienone is 3. The monoisotopic (exact) mass is 563 g/mol. The largest absolute Gasteiger partial charge is 0.382 e. The van der Waals surface area contributed by atoms with Gasteiger partial charge in [-0.15, -0.1) is 0 Å². The quantitative estimate of drug-likeness (QED) is 0.201. The first-order valence-corrected chi connectivity index (χ1v) is 14.3. The fraction of sp³-hybridized carbons (Fsp3) is 0.273. The molecule has 0 aromatic heterocycles. The molecule has 6 heteroatoms. The molecule has 0 saturated carbocycles.